The number of benzene rings is 1. The van der Waals surface area contributed by atoms with Gasteiger partial charge in [0, 0.05) is 9.99 Å². The second kappa shape index (κ2) is 8.36. The van der Waals surface area contributed by atoms with Crippen molar-refractivity contribution in [3.8, 4) is 0 Å². The molecule has 0 spiro atoms. The van der Waals surface area contributed by atoms with Gasteiger partial charge in [-0.2, -0.15) is 0 Å². The molecule has 0 unspecified atom stereocenters. The molecule has 0 aliphatic heterocycles. The minimum atomic E-state index is -0.521. The smallest absolute Gasteiger partial charge is 0.325 e. The van der Waals surface area contributed by atoms with Crippen molar-refractivity contribution in [2.24, 2.45) is 0 Å². The highest BCUT2D eigenvalue weighted by atomic mass is 127. The molecule has 0 aromatic heterocycles. The number of carbonyl (C=O) groups excluding carboxylic acids is 2. The molecule has 4 nitrogen and oxygen atoms in total. The molecule has 0 aliphatic rings. The number of aryl methyl sites for hydroxylation is 1. The maximum Gasteiger partial charge on any atom is 0.325 e. The van der Waals surface area contributed by atoms with Gasteiger partial charge >= 0.3 is 5.97 Å². The Morgan fingerprint density at radius 2 is 1.81 bits per heavy atom. The molecule has 0 aliphatic carbocycles. The maximum atomic E-state index is 11.6. The summed E-state index contributed by atoms with van der Waals surface area (Å²) in [7, 11) is 0. The third-order valence-electron chi connectivity index (χ3n) is 2.63. The largest absolute Gasteiger partial charge is 0.459 e. The van der Waals surface area contributed by atoms with Gasteiger partial charge in [-0.1, -0.05) is 12.1 Å². The molecule has 0 heterocycles. The second-order valence-corrected chi connectivity index (χ2v) is 7.09. The van der Waals surface area contributed by atoms with Crippen molar-refractivity contribution in [3.05, 3.63) is 33.4 Å². The molecule has 1 aromatic carbocycles. The molecule has 1 N–H and O–H groups in total. The average Bonchev–Trinajstić information content (AvgIpc) is 2.37. The van der Waals surface area contributed by atoms with Gasteiger partial charge in [0.25, 0.3) is 0 Å². The predicted molar refractivity (Wildman–Crippen MR) is 91.0 cm³/mol. The molecule has 0 radical (unpaired) electrons. The summed E-state index contributed by atoms with van der Waals surface area (Å²) in [4.78, 5) is 23.1. The van der Waals surface area contributed by atoms with E-state index in [0.717, 1.165) is 12.8 Å². The van der Waals surface area contributed by atoms with Crippen molar-refractivity contribution < 1.29 is 14.3 Å². The Kier molecular flexibility index (Phi) is 7.14. The fourth-order valence-electron chi connectivity index (χ4n) is 1.74. The summed E-state index contributed by atoms with van der Waals surface area (Å²) in [5.41, 5.74) is 0.697. The van der Waals surface area contributed by atoms with E-state index < -0.39 is 11.6 Å². The summed E-state index contributed by atoms with van der Waals surface area (Å²) in [6, 6.07) is 8.25. The molecule has 1 rings (SSSR count). The van der Waals surface area contributed by atoms with Gasteiger partial charge in [-0.25, -0.2) is 0 Å². The molecule has 1 aromatic rings. The van der Waals surface area contributed by atoms with Gasteiger partial charge in [-0.15, -0.1) is 0 Å². The van der Waals surface area contributed by atoms with E-state index in [0.29, 0.717) is 6.42 Å². The molecule has 21 heavy (non-hydrogen) atoms. The van der Waals surface area contributed by atoms with Crippen molar-refractivity contribution in [1.82, 2.24) is 5.32 Å². The van der Waals surface area contributed by atoms with Crippen LogP contribution in [0.15, 0.2) is 24.3 Å². The molecule has 5 heteroatoms. The van der Waals surface area contributed by atoms with E-state index in [4.69, 9.17) is 4.74 Å². The Morgan fingerprint density at radius 3 is 2.38 bits per heavy atom. The zero-order chi connectivity index (χ0) is 15.9. The molecule has 0 atom stereocenters. The molecule has 116 valence electrons. The van der Waals surface area contributed by atoms with E-state index in [1.54, 1.807) is 20.8 Å². The topological polar surface area (TPSA) is 55.4 Å². The first-order valence-corrected chi connectivity index (χ1v) is 8.07. The lowest BCUT2D eigenvalue weighted by Gasteiger charge is -2.19. The lowest BCUT2D eigenvalue weighted by Crippen LogP contribution is -2.34. The normalized spacial score (nSPS) is 11.0. The average molecular weight is 403 g/mol. The van der Waals surface area contributed by atoms with Crippen molar-refractivity contribution in [2.45, 2.75) is 45.6 Å². The van der Waals surface area contributed by atoms with Crippen molar-refractivity contribution in [3.63, 3.8) is 0 Å². The molecule has 0 fully saturated rings. The lowest BCUT2D eigenvalue weighted by atomic mass is 10.1. The fraction of sp³-hybridized carbons (Fsp3) is 0.500. The van der Waals surface area contributed by atoms with Gasteiger partial charge in [0.05, 0.1) is 0 Å². The van der Waals surface area contributed by atoms with E-state index in [9.17, 15) is 9.59 Å². The number of nitrogens with one attached hydrogen (secondary N) is 1. The second-order valence-electron chi connectivity index (χ2n) is 5.84. The predicted octanol–water partition coefficient (Wildman–Crippen LogP) is 3.07. The highest BCUT2D eigenvalue weighted by Gasteiger charge is 2.16. The van der Waals surface area contributed by atoms with Crippen LogP contribution in [0.3, 0.4) is 0 Å². The summed E-state index contributed by atoms with van der Waals surface area (Å²) in [5.74, 6) is -0.528. The summed E-state index contributed by atoms with van der Waals surface area (Å²) < 4.78 is 6.32. The summed E-state index contributed by atoms with van der Waals surface area (Å²) in [5, 5.41) is 2.59. The van der Waals surface area contributed by atoms with Crippen LogP contribution >= 0.6 is 22.6 Å². The third kappa shape index (κ3) is 8.70. The molecule has 1 amide bonds. The van der Waals surface area contributed by atoms with Crippen LogP contribution in [0.25, 0.3) is 0 Å². The van der Waals surface area contributed by atoms with E-state index in [1.165, 1.54) is 9.13 Å². The molecular weight excluding hydrogens is 381 g/mol. The van der Waals surface area contributed by atoms with Crippen molar-refractivity contribution in [1.29, 1.82) is 0 Å². The Bertz CT molecular complexity index is 477. The van der Waals surface area contributed by atoms with Crippen LogP contribution < -0.4 is 5.32 Å². The van der Waals surface area contributed by atoms with Crippen LogP contribution in [0.2, 0.25) is 0 Å². The van der Waals surface area contributed by atoms with Gasteiger partial charge in [-0.05, 0) is 73.9 Å². The highest BCUT2D eigenvalue weighted by Crippen LogP contribution is 2.09. The van der Waals surface area contributed by atoms with Crippen LogP contribution in [-0.2, 0) is 20.7 Å². The number of hydrogen-bond donors (Lipinski definition) is 1. The molecule has 0 saturated carbocycles. The molecular formula is C16H22INO3. The zero-order valence-electron chi connectivity index (χ0n) is 12.7. The number of hydrogen-bond acceptors (Lipinski definition) is 3. The van der Waals surface area contributed by atoms with Gasteiger partial charge < -0.3 is 10.1 Å². The van der Waals surface area contributed by atoms with Crippen molar-refractivity contribution in [2.75, 3.05) is 6.54 Å². The summed E-state index contributed by atoms with van der Waals surface area (Å²) >= 11 is 2.26. The number of halogens is 1. The zero-order valence-corrected chi connectivity index (χ0v) is 14.9. The number of esters is 1. The summed E-state index contributed by atoms with van der Waals surface area (Å²) in [6.45, 7) is 5.33. The van der Waals surface area contributed by atoms with Crippen LogP contribution in [0.4, 0.5) is 0 Å². The number of amides is 1. The van der Waals surface area contributed by atoms with Crippen LogP contribution in [0.5, 0.6) is 0 Å². The van der Waals surface area contributed by atoms with Crippen LogP contribution in [0, 0.1) is 3.57 Å². The third-order valence-corrected chi connectivity index (χ3v) is 3.35. The standard InChI is InChI=1S/C16H22INO3/c1-16(2,3)21-15(20)11-18-14(19)6-4-5-12-7-9-13(17)10-8-12/h7-10H,4-6,11H2,1-3H3,(H,18,19). The Labute approximate surface area is 139 Å². The molecule has 0 bridgehead atoms. The number of carbonyl (C=O) groups is 2. The van der Waals surface area contributed by atoms with Crippen molar-refractivity contribution >= 4 is 34.5 Å². The number of rotatable bonds is 6. The number of ether oxygens (including phenoxy) is 1. The Hall–Kier alpha value is -1.11. The lowest BCUT2D eigenvalue weighted by molar-refractivity contribution is -0.154. The first-order valence-electron chi connectivity index (χ1n) is 6.99. The molecule has 0 saturated heterocycles. The van der Waals surface area contributed by atoms with Gasteiger partial charge in [0.15, 0.2) is 0 Å². The highest BCUT2D eigenvalue weighted by molar-refractivity contribution is 14.1. The Balaban J connectivity index is 2.19. The minimum absolute atomic E-state index is 0.0698. The first kappa shape index (κ1) is 17.9. The van der Waals surface area contributed by atoms with Gasteiger partial charge in [-0.3, -0.25) is 9.59 Å². The van der Waals surface area contributed by atoms with Gasteiger partial charge in [0.2, 0.25) is 5.91 Å². The maximum absolute atomic E-state index is 11.6. The monoisotopic (exact) mass is 403 g/mol. The minimum Gasteiger partial charge on any atom is -0.459 e. The Morgan fingerprint density at radius 1 is 1.19 bits per heavy atom. The van der Waals surface area contributed by atoms with Gasteiger partial charge in [0.1, 0.15) is 12.1 Å². The van der Waals surface area contributed by atoms with E-state index in [-0.39, 0.29) is 12.5 Å². The van der Waals surface area contributed by atoms with Crippen LogP contribution in [0.1, 0.15) is 39.2 Å². The quantitative estimate of drug-likeness (QED) is 0.587. The summed E-state index contributed by atoms with van der Waals surface area (Å²) in [6.07, 6.45) is 2.03. The fourth-order valence-corrected chi connectivity index (χ4v) is 2.10. The van der Waals surface area contributed by atoms with Crippen LogP contribution in [-0.4, -0.2) is 24.0 Å². The SMILES string of the molecule is CC(C)(C)OC(=O)CNC(=O)CCCc1ccc(I)cc1. The first-order chi connectivity index (χ1) is 9.76. The van der Waals surface area contributed by atoms with E-state index in [1.807, 2.05) is 0 Å². The van der Waals surface area contributed by atoms with E-state index in [2.05, 4.69) is 52.2 Å². The van der Waals surface area contributed by atoms with E-state index >= 15 is 0 Å².